The van der Waals surface area contributed by atoms with Gasteiger partial charge in [-0.1, -0.05) is 15.9 Å². The van der Waals surface area contributed by atoms with Gasteiger partial charge >= 0.3 is 17.9 Å². The van der Waals surface area contributed by atoms with Gasteiger partial charge in [0.15, 0.2) is 0 Å². The van der Waals surface area contributed by atoms with Crippen LogP contribution in [0, 0.1) is 0 Å². The van der Waals surface area contributed by atoms with E-state index in [2.05, 4.69) is 21.2 Å². The smallest absolute Gasteiger partial charge is 0.340 e. The number of halogens is 1. The molecule has 0 aliphatic carbocycles. The maximum atomic E-state index is 12.4. The van der Waals surface area contributed by atoms with E-state index >= 15 is 0 Å². The minimum atomic E-state index is -4.87. The molecular weight excluding hydrogens is 439 g/mol. The van der Waals surface area contributed by atoms with Gasteiger partial charge in [0.05, 0.1) is 0 Å². The zero-order valence-corrected chi connectivity index (χ0v) is 16.1. The number of benzene rings is 1. The highest BCUT2D eigenvalue weighted by Gasteiger charge is 2.40. The third kappa shape index (κ3) is 5.33. The molecule has 2 atom stereocenters. The second kappa shape index (κ2) is 7.52. The number of nitrogens with two attached hydrogens (primary N) is 1. The number of piperidine rings is 1. The van der Waals surface area contributed by atoms with Crippen molar-refractivity contribution in [3.05, 3.63) is 34.3 Å². The molecule has 2 rings (SSSR count). The van der Waals surface area contributed by atoms with E-state index in [9.17, 15) is 22.6 Å². The summed E-state index contributed by atoms with van der Waals surface area (Å²) in [5.41, 5.74) is 5.70. The van der Waals surface area contributed by atoms with E-state index in [4.69, 9.17) is 10.1 Å². The summed E-state index contributed by atoms with van der Waals surface area (Å²) in [6.45, 7) is -0.0697. The molecule has 0 spiro atoms. The molecule has 1 saturated heterocycles. The van der Waals surface area contributed by atoms with Crippen molar-refractivity contribution in [1.82, 2.24) is 14.5 Å². The lowest BCUT2D eigenvalue weighted by molar-refractivity contribution is -0.130. The van der Waals surface area contributed by atoms with E-state index in [1.165, 1.54) is 4.49 Å². The van der Waals surface area contributed by atoms with Crippen LogP contribution in [0.15, 0.2) is 28.7 Å². The van der Waals surface area contributed by atoms with Gasteiger partial charge in [-0.15, -0.1) is 4.49 Å². The SMILES string of the molecule is N[P@](=O)(NS(=O)(=O)O)N1CCC[C@H](NC(=O)c2ccc(Br)cc2)C1=O. The van der Waals surface area contributed by atoms with Gasteiger partial charge in [0.1, 0.15) is 6.04 Å². The number of nitrogens with zero attached hydrogens (tertiary/aromatic N) is 1. The Labute approximate surface area is 152 Å². The Kier molecular flexibility index (Phi) is 6.02. The van der Waals surface area contributed by atoms with E-state index in [0.29, 0.717) is 16.7 Å². The Bertz CT molecular complexity index is 831. The first-order chi connectivity index (χ1) is 11.5. The number of amides is 2. The van der Waals surface area contributed by atoms with Crippen molar-refractivity contribution in [2.75, 3.05) is 6.54 Å². The van der Waals surface area contributed by atoms with E-state index in [0.717, 1.165) is 4.47 Å². The first kappa shape index (κ1) is 20.0. The van der Waals surface area contributed by atoms with Crippen molar-refractivity contribution >= 4 is 45.6 Å². The van der Waals surface area contributed by atoms with Crippen LogP contribution in [-0.4, -0.2) is 42.0 Å². The summed E-state index contributed by atoms with van der Waals surface area (Å²) < 4.78 is 45.5. The minimum Gasteiger partial charge on any atom is -0.340 e. The van der Waals surface area contributed by atoms with Crippen LogP contribution in [0.2, 0.25) is 0 Å². The van der Waals surface area contributed by atoms with E-state index in [1.54, 1.807) is 24.3 Å². The molecule has 13 heteroatoms. The number of rotatable bonds is 5. The zero-order chi connectivity index (χ0) is 18.8. The Hall–Kier alpha value is -1.30. The van der Waals surface area contributed by atoms with Crippen LogP contribution < -0.4 is 15.3 Å². The lowest BCUT2D eigenvalue weighted by Crippen LogP contribution is -2.53. The fraction of sp³-hybridized carbons (Fsp3) is 0.333. The maximum absolute atomic E-state index is 12.4. The van der Waals surface area contributed by atoms with Crippen LogP contribution >= 0.6 is 23.5 Å². The zero-order valence-electron chi connectivity index (χ0n) is 12.8. The topological polar surface area (TPSA) is 159 Å². The van der Waals surface area contributed by atoms with Gasteiger partial charge in [-0.2, -0.15) is 8.42 Å². The van der Waals surface area contributed by atoms with Gasteiger partial charge in [-0.25, -0.2) is 0 Å². The quantitative estimate of drug-likeness (QED) is 0.374. The molecule has 1 aromatic carbocycles. The van der Waals surface area contributed by atoms with Gasteiger partial charge < -0.3 is 5.32 Å². The molecule has 10 nitrogen and oxygen atoms in total. The monoisotopic (exact) mass is 454 g/mol. The maximum Gasteiger partial charge on any atom is 0.341 e. The summed E-state index contributed by atoms with van der Waals surface area (Å²) in [5.74, 6) is -1.30. The molecule has 2 amide bonds. The molecule has 1 aromatic rings. The summed E-state index contributed by atoms with van der Waals surface area (Å²) in [5, 5.41) is 2.51. The molecule has 0 radical (unpaired) electrons. The molecule has 0 aromatic heterocycles. The molecular formula is C12H16BrN4O6PS. The van der Waals surface area contributed by atoms with Gasteiger partial charge in [-0.3, -0.25) is 28.9 Å². The standard InChI is InChI=1S/C12H16BrN4O6PS/c13-9-5-3-8(4-6-9)11(18)15-10-2-1-7-17(12(10)19)24(14,20)16-25(21,22)23/h3-6,10H,1-2,7H2,(H,15,18)(H3,14,16,20)(H,21,22,23)/t10-,24-/m0/s1. The van der Waals surface area contributed by atoms with Crippen molar-refractivity contribution in [1.29, 1.82) is 0 Å². The van der Waals surface area contributed by atoms with E-state index in [1.807, 2.05) is 0 Å². The predicted molar refractivity (Wildman–Crippen MR) is 92.8 cm³/mol. The first-order valence-corrected chi connectivity index (χ1v) is 11.0. The van der Waals surface area contributed by atoms with Crippen LogP contribution in [0.5, 0.6) is 0 Å². The van der Waals surface area contributed by atoms with Crippen molar-refractivity contribution in [2.45, 2.75) is 18.9 Å². The Balaban J connectivity index is 2.12. The normalized spacial score (nSPS) is 20.8. The highest BCUT2D eigenvalue weighted by Crippen LogP contribution is 2.40. The predicted octanol–water partition coefficient (Wildman–Crippen LogP) is 0.629. The average Bonchev–Trinajstić information content (AvgIpc) is 2.47. The number of hydrogen-bond acceptors (Lipinski definition) is 5. The van der Waals surface area contributed by atoms with Gasteiger partial charge in [0.2, 0.25) is 0 Å². The average molecular weight is 455 g/mol. The molecule has 0 bridgehead atoms. The minimum absolute atomic E-state index is 0.0697. The highest BCUT2D eigenvalue weighted by atomic mass is 79.9. The third-order valence-corrected chi connectivity index (χ3v) is 7.04. The molecule has 0 unspecified atom stereocenters. The molecule has 1 aliphatic rings. The largest absolute Gasteiger partial charge is 0.341 e. The Morgan fingerprint density at radius 1 is 1.36 bits per heavy atom. The lowest BCUT2D eigenvalue weighted by atomic mass is 10.1. The van der Waals surface area contributed by atoms with Crippen molar-refractivity contribution in [3.8, 4) is 0 Å². The van der Waals surface area contributed by atoms with Gasteiger partial charge in [0, 0.05) is 16.6 Å². The summed E-state index contributed by atoms with van der Waals surface area (Å²) in [7, 11) is -9.23. The molecule has 1 heterocycles. The second-order valence-electron chi connectivity index (χ2n) is 5.33. The first-order valence-electron chi connectivity index (χ1n) is 7.03. The molecule has 1 aliphatic heterocycles. The summed E-state index contributed by atoms with van der Waals surface area (Å²) in [6, 6.07) is 5.42. The second-order valence-corrected chi connectivity index (χ2v) is 9.65. The number of nitrogens with one attached hydrogen (secondary N) is 2. The third-order valence-electron chi connectivity index (χ3n) is 3.43. The molecule has 0 saturated carbocycles. The van der Waals surface area contributed by atoms with Crippen molar-refractivity contribution in [3.63, 3.8) is 0 Å². The van der Waals surface area contributed by atoms with Crippen molar-refractivity contribution < 1.29 is 27.1 Å². The number of carbonyl (C=O) groups excluding carboxylic acids is 2. The van der Waals surface area contributed by atoms with E-state index < -0.39 is 35.8 Å². The van der Waals surface area contributed by atoms with Crippen LogP contribution in [0.4, 0.5) is 0 Å². The fourth-order valence-corrected chi connectivity index (χ4v) is 5.20. The summed E-state index contributed by atoms with van der Waals surface area (Å²) in [4.78, 5) is 24.6. The highest BCUT2D eigenvalue weighted by molar-refractivity contribution is 9.10. The van der Waals surface area contributed by atoms with Crippen LogP contribution in [-0.2, 0) is 19.7 Å². The van der Waals surface area contributed by atoms with Crippen LogP contribution in [0.1, 0.15) is 23.2 Å². The summed E-state index contributed by atoms with van der Waals surface area (Å²) in [6.07, 6.45) is 0.620. The van der Waals surface area contributed by atoms with Crippen molar-refractivity contribution in [2.24, 2.45) is 5.50 Å². The lowest BCUT2D eigenvalue weighted by Gasteiger charge is -2.35. The molecule has 138 valence electrons. The van der Waals surface area contributed by atoms with E-state index in [-0.39, 0.29) is 13.0 Å². The fourth-order valence-electron chi connectivity index (χ4n) is 2.35. The Morgan fingerprint density at radius 2 is 1.96 bits per heavy atom. The number of carbonyl (C=O) groups is 2. The van der Waals surface area contributed by atoms with Gasteiger partial charge in [0.25, 0.3) is 11.8 Å². The van der Waals surface area contributed by atoms with Crippen LogP contribution in [0.3, 0.4) is 0 Å². The molecule has 5 N–H and O–H groups in total. The number of hydrogen-bond donors (Lipinski definition) is 4. The molecule has 1 fully saturated rings. The molecule has 25 heavy (non-hydrogen) atoms. The summed E-state index contributed by atoms with van der Waals surface area (Å²) >= 11 is 3.24. The Morgan fingerprint density at radius 3 is 2.52 bits per heavy atom. The van der Waals surface area contributed by atoms with Crippen LogP contribution in [0.25, 0.3) is 0 Å². The van der Waals surface area contributed by atoms with Gasteiger partial charge in [-0.05, 0) is 37.1 Å².